The quantitative estimate of drug-likeness (QED) is 0.586. The highest BCUT2D eigenvalue weighted by atomic mass is 35.5. The lowest BCUT2D eigenvalue weighted by Gasteiger charge is -2.09. The fourth-order valence-corrected chi connectivity index (χ4v) is 4.07. The van der Waals surface area contributed by atoms with Crippen LogP contribution in [0.25, 0.3) is 21.5 Å². The number of rotatable bonds is 6. The SMILES string of the molecule is CN(C)CCCNC(=O)c1cc2c(-c3ccc(Cl)cc3Cl)nc(N)nc2s1. The monoisotopic (exact) mass is 423 g/mol. The number of amides is 1. The number of benzene rings is 1. The fraction of sp³-hybridized carbons (Fsp3) is 0.278. The zero-order valence-corrected chi connectivity index (χ0v) is 17.3. The first kappa shape index (κ1) is 19.8. The van der Waals surface area contributed by atoms with Gasteiger partial charge >= 0.3 is 0 Å². The van der Waals surface area contributed by atoms with Crippen LogP contribution in [-0.2, 0) is 0 Å². The Morgan fingerprint density at radius 1 is 1.26 bits per heavy atom. The highest BCUT2D eigenvalue weighted by molar-refractivity contribution is 7.20. The zero-order chi connectivity index (χ0) is 19.6. The summed E-state index contributed by atoms with van der Waals surface area (Å²) in [5, 5.41) is 4.66. The molecule has 0 aliphatic carbocycles. The van der Waals surface area contributed by atoms with Gasteiger partial charge in [0.1, 0.15) is 4.83 Å². The average Bonchev–Trinajstić information content (AvgIpc) is 3.02. The van der Waals surface area contributed by atoms with E-state index in [1.165, 1.54) is 11.3 Å². The molecule has 27 heavy (non-hydrogen) atoms. The molecule has 3 N–H and O–H groups in total. The van der Waals surface area contributed by atoms with Crippen LogP contribution in [0.1, 0.15) is 16.1 Å². The normalized spacial score (nSPS) is 11.3. The van der Waals surface area contributed by atoms with Gasteiger partial charge in [-0.3, -0.25) is 4.79 Å². The lowest BCUT2D eigenvalue weighted by Crippen LogP contribution is -2.26. The Balaban J connectivity index is 1.92. The molecule has 3 rings (SSSR count). The maximum atomic E-state index is 12.5. The summed E-state index contributed by atoms with van der Waals surface area (Å²) < 4.78 is 0. The fourth-order valence-electron chi connectivity index (χ4n) is 2.62. The van der Waals surface area contributed by atoms with Crippen LogP contribution in [0, 0.1) is 0 Å². The minimum absolute atomic E-state index is 0.128. The Hall–Kier alpha value is -1.93. The van der Waals surface area contributed by atoms with Gasteiger partial charge in [0.25, 0.3) is 5.91 Å². The van der Waals surface area contributed by atoms with Crippen LogP contribution in [-0.4, -0.2) is 48.0 Å². The molecule has 9 heteroatoms. The summed E-state index contributed by atoms with van der Waals surface area (Å²) >= 11 is 13.6. The number of fused-ring (bicyclic) bond motifs is 1. The van der Waals surface area contributed by atoms with E-state index in [4.69, 9.17) is 28.9 Å². The summed E-state index contributed by atoms with van der Waals surface area (Å²) in [5.74, 6) is -0.00760. The zero-order valence-electron chi connectivity index (χ0n) is 14.9. The predicted octanol–water partition coefficient (Wildman–Crippen LogP) is 3.93. The molecule has 2 aromatic heterocycles. The summed E-state index contributed by atoms with van der Waals surface area (Å²) in [4.78, 5) is 24.3. The number of nitrogen functional groups attached to an aromatic ring is 1. The standard InChI is InChI=1S/C18H19Cl2N5OS/c1-25(2)7-3-6-22-16(26)14-9-12-15(23-18(21)24-17(12)27-14)11-5-4-10(19)8-13(11)20/h4-5,8-9H,3,6-7H2,1-2H3,(H,22,26)(H2,21,23,24). The van der Waals surface area contributed by atoms with Crippen LogP contribution >= 0.6 is 34.5 Å². The molecule has 0 radical (unpaired) electrons. The Kier molecular flexibility index (Phi) is 6.16. The number of thiophene rings is 1. The lowest BCUT2D eigenvalue weighted by molar-refractivity contribution is 0.0956. The van der Waals surface area contributed by atoms with E-state index in [-0.39, 0.29) is 11.9 Å². The van der Waals surface area contributed by atoms with Crippen molar-refractivity contribution in [3.8, 4) is 11.3 Å². The maximum Gasteiger partial charge on any atom is 0.261 e. The Morgan fingerprint density at radius 3 is 2.74 bits per heavy atom. The summed E-state index contributed by atoms with van der Waals surface area (Å²) in [7, 11) is 4.00. The number of hydrogen-bond acceptors (Lipinski definition) is 6. The van der Waals surface area contributed by atoms with Gasteiger partial charge in [0, 0.05) is 22.5 Å². The molecular weight excluding hydrogens is 405 g/mol. The molecule has 0 fully saturated rings. The van der Waals surface area contributed by atoms with Crippen molar-refractivity contribution in [3.63, 3.8) is 0 Å². The van der Waals surface area contributed by atoms with Gasteiger partial charge in [-0.2, -0.15) is 0 Å². The molecular formula is C18H19Cl2N5OS. The van der Waals surface area contributed by atoms with Crippen LogP contribution < -0.4 is 11.1 Å². The number of carbonyl (C=O) groups is 1. The summed E-state index contributed by atoms with van der Waals surface area (Å²) in [6, 6.07) is 6.94. The van der Waals surface area contributed by atoms with Crippen LogP contribution in [0.15, 0.2) is 24.3 Å². The first-order valence-electron chi connectivity index (χ1n) is 8.30. The van der Waals surface area contributed by atoms with Gasteiger partial charge in [-0.1, -0.05) is 23.2 Å². The summed E-state index contributed by atoms with van der Waals surface area (Å²) in [5.41, 5.74) is 7.14. The van der Waals surface area contributed by atoms with E-state index in [1.54, 1.807) is 24.3 Å². The first-order valence-corrected chi connectivity index (χ1v) is 9.88. The van der Waals surface area contributed by atoms with Crippen molar-refractivity contribution in [3.05, 3.63) is 39.2 Å². The molecule has 0 saturated heterocycles. The number of carbonyl (C=O) groups excluding carboxylic acids is 1. The topological polar surface area (TPSA) is 84.1 Å². The molecule has 0 unspecified atom stereocenters. The van der Waals surface area contributed by atoms with Crippen molar-refractivity contribution in [2.75, 3.05) is 32.9 Å². The Labute approximate surface area is 171 Å². The third-order valence-electron chi connectivity index (χ3n) is 3.89. The number of hydrogen-bond donors (Lipinski definition) is 2. The second-order valence-electron chi connectivity index (χ2n) is 6.30. The number of nitrogens with one attached hydrogen (secondary N) is 1. The number of aromatic nitrogens is 2. The summed E-state index contributed by atoms with van der Waals surface area (Å²) in [6.45, 7) is 1.52. The van der Waals surface area contributed by atoms with Crippen molar-refractivity contribution in [2.24, 2.45) is 0 Å². The molecule has 0 aliphatic heterocycles. The van der Waals surface area contributed by atoms with E-state index in [2.05, 4.69) is 20.2 Å². The van der Waals surface area contributed by atoms with Gasteiger partial charge < -0.3 is 16.0 Å². The van der Waals surface area contributed by atoms with Crippen LogP contribution in [0.2, 0.25) is 10.0 Å². The average molecular weight is 424 g/mol. The van der Waals surface area contributed by atoms with Gasteiger partial charge in [-0.25, -0.2) is 9.97 Å². The number of halogens is 2. The minimum atomic E-state index is -0.136. The van der Waals surface area contributed by atoms with E-state index >= 15 is 0 Å². The van der Waals surface area contributed by atoms with Gasteiger partial charge in [0.05, 0.1) is 15.6 Å². The van der Waals surface area contributed by atoms with E-state index in [1.807, 2.05) is 14.1 Å². The molecule has 0 spiro atoms. The van der Waals surface area contributed by atoms with Crippen molar-refractivity contribution in [1.29, 1.82) is 0 Å². The Bertz CT molecular complexity index is 989. The van der Waals surface area contributed by atoms with Crippen molar-refractivity contribution >= 4 is 56.6 Å². The number of nitrogens with zero attached hydrogens (tertiary/aromatic N) is 3. The summed E-state index contributed by atoms with van der Waals surface area (Å²) in [6.07, 6.45) is 0.877. The number of anilines is 1. The first-order chi connectivity index (χ1) is 12.8. The van der Waals surface area contributed by atoms with E-state index in [9.17, 15) is 4.79 Å². The van der Waals surface area contributed by atoms with E-state index < -0.39 is 0 Å². The third kappa shape index (κ3) is 4.68. The highest BCUT2D eigenvalue weighted by Crippen LogP contribution is 2.36. The highest BCUT2D eigenvalue weighted by Gasteiger charge is 2.17. The molecule has 2 heterocycles. The van der Waals surface area contributed by atoms with Gasteiger partial charge in [-0.05, 0) is 51.3 Å². The van der Waals surface area contributed by atoms with Crippen LogP contribution in [0.4, 0.5) is 5.95 Å². The third-order valence-corrected chi connectivity index (χ3v) is 5.46. The molecule has 0 atom stereocenters. The molecule has 0 bridgehead atoms. The minimum Gasteiger partial charge on any atom is -0.368 e. The van der Waals surface area contributed by atoms with Gasteiger partial charge in [-0.15, -0.1) is 11.3 Å². The molecule has 0 aliphatic rings. The van der Waals surface area contributed by atoms with Gasteiger partial charge in [0.2, 0.25) is 5.95 Å². The van der Waals surface area contributed by atoms with Crippen LogP contribution in [0.3, 0.4) is 0 Å². The second kappa shape index (κ2) is 8.39. The predicted molar refractivity (Wildman–Crippen MR) is 113 cm³/mol. The molecule has 6 nitrogen and oxygen atoms in total. The Morgan fingerprint density at radius 2 is 2.04 bits per heavy atom. The van der Waals surface area contributed by atoms with Crippen LogP contribution in [0.5, 0.6) is 0 Å². The number of nitrogens with two attached hydrogens (primary N) is 1. The lowest BCUT2D eigenvalue weighted by atomic mass is 10.1. The smallest absolute Gasteiger partial charge is 0.261 e. The molecule has 142 valence electrons. The molecule has 0 saturated carbocycles. The molecule has 1 aromatic carbocycles. The largest absolute Gasteiger partial charge is 0.368 e. The van der Waals surface area contributed by atoms with Crippen molar-refractivity contribution in [1.82, 2.24) is 20.2 Å². The van der Waals surface area contributed by atoms with Crippen molar-refractivity contribution in [2.45, 2.75) is 6.42 Å². The maximum absolute atomic E-state index is 12.5. The van der Waals surface area contributed by atoms with Gasteiger partial charge in [0.15, 0.2) is 0 Å². The van der Waals surface area contributed by atoms with Crippen molar-refractivity contribution < 1.29 is 4.79 Å². The molecule has 1 amide bonds. The van der Waals surface area contributed by atoms with E-state index in [0.717, 1.165) is 18.4 Å². The molecule has 3 aromatic rings. The second-order valence-corrected chi connectivity index (χ2v) is 8.17. The van der Waals surface area contributed by atoms with E-state index in [0.29, 0.717) is 37.6 Å².